The Hall–Kier alpha value is -2.02. The van der Waals surface area contributed by atoms with Crippen LogP contribution < -0.4 is 0 Å². The smallest absolute Gasteiger partial charge is 0.353 e. The number of ether oxygens (including phenoxy) is 1. The van der Waals surface area contributed by atoms with Crippen LogP contribution in [0.15, 0.2) is 58.3 Å². The molecular weight excluding hydrogens is 332 g/mol. The van der Waals surface area contributed by atoms with Crippen molar-refractivity contribution in [2.24, 2.45) is 0 Å². The third-order valence-corrected chi connectivity index (χ3v) is 5.99. The predicted octanol–water partition coefficient (Wildman–Crippen LogP) is 3.95. The normalized spacial score (nSPS) is 12.3. The van der Waals surface area contributed by atoms with Gasteiger partial charge in [-0.25, -0.2) is 4.79 Å². The molecule has 1 atom stereocenters. The van der Waals surface area contributed by atoms with Gasteiger partial charge in [-0.15, -0.1) is 11.3 Å². The number of benzene rings is 2. The third-order valence-electron chi connectivity index (χ3n) is 3.23. The average Bonchev–Trinajstić information content (AvgIpc) is 2.93. The molecular formula is C17H14O4S2. The molecule has 4 nitrogen and oxygen atoms in total. The van der Waals surface area contributed by atoms with Gasteiger partial charge >= 0.3 is 5.97 Å². The molecule has 1 aromatic heterocycles. The van der Waals surface area contributed by atoms with Crippen LogP contribution in [0.4, 0.5) is 0 Å². The minimum atomic E-state index is -1.50. The zero-order valence-electron chi connectivity index (χ0n) is 12.3. The highest BCUT2D eigenvalue weighted by atomic mass is 32.2. The van der Waals surface area contributed by atoms with E-state index in [9.17, 15) is 14.5 Å². The van der Waals surface area contributed by atoms with Crippen molar-refractivity contribution in [3.05, 3.63) is 53.4 Å². The Labute approximate surface area is 140 Å². The highest BCUT2D eigenvalue weighted by Crippen LogP contribution is 2.39. The average molecular weight is 346 g/mol. The number of aromatic hydroxyl groups is 1. The minimum absolute atomic E-state index is 0.103. The number of thiophene rings is 1. The van der Waals surface area contributed by atoms with Crippen LogP contribution in [0.1, 0.15) is 16.6 Å². The lowest BCUT2D eigenvalue weighted by Crippen LogP contribution is -2.10. The van der Waals surface area contributed by atoms with Crippen LogP contribution in [0, 0.1) is 0 Å². The summed E-state index contributed by atoms with van der Waals surface area (Å²) >= 11 is -0.323. The van der Waals surface area contributed by atoms with E-state index < -0.39 is 17.1 Å². The Morgan fingerprint density at radius 2 is 2.00 bits per heavy atom. The van der Waals surface area contributed by atoms with Crippen LogP contribution in [0.3, 0.4) is 0 Å². The second-order valence-corrected chi connectivity index (χ2v) is 7.21. The van der Waals surface area contributed by atoms with Gasteiger partial charge in [-0.05, 0) is 37.3 Å². The van der Waals surface area contributed by atoms with Gasteiger partial charge in [0.15, 0.2) is 14.7 Å². The number of fused-ring (bicyclic) bond motifs is 1. The lowest BCUT2D eigenvalue weighted by atomic mass is 10.2. The van der Waals surface area contributed by atoms with Gasteiger partial charge in [0, 0.05) is 21.3 Å². The first-order valence-electron chi connectivity index (χ1n) is 7.01. The van der Waals surface area contributed by atoms with E-state index in [4.69, 9.17) is 4.74 Å². The molecule has 0 bridgehead atoms. The largest absolute Gasteiger partial charge is 0.606 e. The van der Waals surface area contributed by atoms with Gasteiger partial charge in [-0.3, -0.25) is 0 Å². The molecule has 3 aromatic rings. The molecule has 0 aliphatic heterocycles. The molecule has 0 fully saturated rings. The fourth-order valence-electron chi connectivity index (χ4n) is 2.24. The van der Waals surface area contributed by atoms with E-state index in [2.05, 4.69) is 0 Å². The Morgan fingerprint density at radius 1 is 1.26 bits per heavy atom. The number of carbonyl (C=O) groups excluding carboxylic acids is 1. The number of esters is 1. The molecule has 0 radical (unpaired) electrons. The first-order chi connectivity index (χ1) is 11.1. The molecule has 1 N–H and O–H groups in total. The molecule has 0 amide bonds. The first-order valence-corrected chi connectivity index (χ1v) is 8.98. The summed E-state index contributed by atoms with van der Waals surface area (Å²) in [5.74, 6) is -0.390. The monoisotopic (exact) mass is 346 g/mol. The second-order valence-electron chi connectivity index (χ2n) is 4.74. The van der Waals surface area contributed by atoms with E-state index in [1.807, 2.05) is 6.07 Å². The van der Waals surface area contributed by atoms with Gasteiger partial charge in [-0.1, -0.05) is 18.2 Å². The Morgan fingerprint density at radius 3 is 2.70 bits per heavy atom. The summed E-state index contributed by atoms with van der Waals surface area (Å²) in [6.45, 7) is 1.97. The summed E-state index contributed by atoms with van der Waals surface area (Å²) in [6.07, 6.45) is 0. The summed E-state index contributed by atoms with van der Waals surface area (Å²) in [5.41, 5.74) is 0. The quantitative estimate of drug-likeness (QED) is 0.574. The molecule has 0 aliphatic rings. The zero-order valence-corrected chi connectivity index (χ0v) is 13.9. The van der Waals surface area contributed by atoms with Crippen molar-refractivity contribution in [1.82, 2.24) is 0 Å². The number of hydrogen-bond donors (Lipinski definition) is 1. The number of phenols is 1. The van der Waals surface area contributed by atoms with Gasteiger partial charge in [0.25, 0.3) is 0 Å². The molecule has 0 saturated carbocycles. The maximum atomic E-state index is 13.0. The van der Waals surface area contributed by atoms with Crippen molar-refractivity contribution in [2.45, 2.75) is 16.7 Å². The van der Waals surface area contributed by atoms with E-state index >= 15 is 0 Å². The van der Waals surface area contributed by atoms with Gasteiger partial charge in [0.2, 0.25) is 0 Å². The standard InChI is InChI=1S/C17H14O4S2/c1-2-21-17(19)15-16(23(20)12-6-4-3-5-7-12)13-9-8-11(18)10-14(13)22-15/h3-10,18H,2H2,1H3. The van der Waals surface area contributed by atoms with Gasteiger partial charge in [0.1, 0.15) is 5.75 Å². The molecule has 6 heteroatoms. The first kappa shape index (κ1) is 15.9. The summed E-state index contributed by atoms with van der Waals surface area (Å²) in [7, 11) is 0. The maximum absolute atomic E-state index is 13.0. The highest BCUT2D eigenvalue weighted by molar-refractivity contribution is 7.92. The van der Waals surface area contributed by atoms with E-state index in [0.717, 1.165) is 0 Å². The number of rotatable bonds is 4. The van der Waals surface area contributed by atoms with Crippen LogP contribution in [0.2, 0.25) is 0 Å². The lowest BCUT2D eigenvalue weighted by molar-refractivity contribution is 0.0528. The van der Waals surface area contributed by atoms with Crippen molar-refractivity contribution >= 4 is 38.6 Å². The second kappa shape index (κ2) is 6.62. The predicted molar refractivity (Wildman–Crippen MR) is 90.6 cm³/mol. The SMILES string of the molecule is CCOC(=O)c1sc2cc(O)ccc2c1[S+]([O-])c1ccccc1. The Balaban J connectivity index is 2.20. The number of phenolic OH excluding ortho intramolecular Hbond substituents is 1. The third kappa shape index (κ3) is 3.06. The maximum Gasteiger partial charge on any atom is 0.353 e. The topological polar surface area (TPSA) is 69.6 Å². The Bertz CT molecular complexity index is 842. The molecule has 1 unspecified atom stereocenters. The Kier molecular flexibility index (Phi) is 4.56. The van der Waals surface area contributed by atoms with E-state index in [0.29, 0.717) is 24.8 Å². The molecule has 2 aromatic carbocycles. The van der Waals surface area contributed by atoms with Crippen molar-refractivity contribution < 1.29 is 19.2 Å². The molecule has 118 valence electrons. The van der Waals surface area contributed by atoms with Crippen molar-refractivity contribution in [3.63, 3.8) is 0 Å². The van der Waals surface area contributed by atoms with Crippen LogP contribution in [0.25, 0.3) is 10.1 Å². The van der Waals surface area contributed by atoms with E-state index in [-0.39, 0.29) is 12.4 Å². The summed E-state index contributed by atoms with van der Waals surface area (Å²) in [4.78, 5) is 13.6. The van der Waals surface area contributed by atoms with Crippen molar-refractivity contribution in [3.8, 4) is 5.75 Å². The summed E-state index contributed by atoms with van der Waals surface area (Å²) < 4.78 is 18.8. The van der Waals surface area contributed by atoms with Crippen LogP contribution in [-0.2, 0) is 15.9 Å². The van der Waals surface area contributed by atoms with E-state index in [1.165, 1.54) is 17.4 Å². The fraction of sp³-hybridized carbons (Fsp3) is 0.118. The van der Waals surface area contributed by atoms with Crippen LogP contribution in [-0.4, -0.2) is 22.2 Å². The lowest BCUT2D eigenvalue weighted by Gasteiger charge is -2.10. The highest BCUT2D eigenvalue weighted by Gasteiger charge is 2.30. The molecule has 0 aliphatic carbocycles. The van der Waals surface area contributed by atoms with Gasteiger partial charge in [0.05, 0.1) is 6.61 Å². The molecule has 1 heterocycles. The molecule has 3 rings (SSSR count). The molecule has 0 saturated heterocycles. The molecule has 23 heavy (non-hydrogen) atoms. The van der Waals surface area contributed by atoms with Gasteiger partial charge in [-0.2, -0.15) is 0 Å². The minimum Gasteiger partial charge on any atom is -0.606 e. The fourth-order valence-corrected chi connectivity index (χ4v) is 4.95. The van der Waals surface area contributed by atoms with Crippen molar-refractivity contribution in [2.75, 3.05) is 6.61 Å². The summed E-state index contributed by atoms with van der Waals surface area (Å²) in [5, 5.41) is 10.3. The molecule has 0 spiro atoms. The number of carbonyl (C=O) groups is 1. The summed E-state index contributed by atoms with van der Waals surface area (Å²) in [6, 6.07) is 13.7. The number of hydrogen-bond acceptors (Lipinski definition) is 5. The zero-order chi connectivity index (χ0) is 16.4. The van der Waals surface area contributed by atoms with Crippen LogP contribution >= 0.6 is 11.3 Å². The van der Waals surface area contributed by atoms with Crippen LogP contribution in [0.5, 0.6) is 5.75 Å². The van der Waals surface area contributed by atoms with Crippen molar-refractivity contribution in [1.29, 1.82) is 0 Å². The van der Waals surface area contributed by atoms with E-state index in [1.54, 1.807) is 43.3 Å². The van der Waals surface area contributed by atoms with Gasteiger partial charge < -0.3 is 14.4 Å².